The zero-order chi connectivity index (χ0) is 33.8. The molecule has 1 saturated heterocycles. The van der Waals surface area contributed by atoms with Gasteiger partial charge in [0.15, 0.2) is 0 Å². The minimum atomic E-state index is -0.624. The van der Waals surface area contributed by atoms with Gasteiger partial charge in [0.25, 0.3) is 0 Å². The van der Waals surface area contributed by atoms with Crippen molar-refractivity contribution in [3.05, 3.63) is 78.4 Å². The molecule has 4 amide bonds. The van der Waals surface area contributed by atoms with Crippen molar-refractivity contribution in [1.29, 1.82) is 0 Å². The lowest BCUT2D eigenvalue weighted by atomic mass is 10.1. The first-order chi connectivity index (χ1) is 22.4. The summed E-state index contributed by atoms with van der Waals surface area (Å²) in [6, 6.07) is 18.4. The third kappa shape index (κ3) is 7.54. The first-order valence-electron chi connectivity index (χ1n) is 15.3. The normalized spacial score (nSPS) is 14.9. The van der Waals surface area contributed by atoms with Gasteiger partial charge in [0.1, 0.15) is 12.6 Å². The number of likely N-dealkylation sites (tertiary alicyclic amines) is 1. The SMILES string of the molecule is C=C(C)C(=O)NCC(=O)N1CCC[C@H]1C(=O)Nc1ccc(COC(=O)N2c3ccc(N(C)C)cc3Sc3cc(N(C)C)ccc32)cc1. The number of amides is 4. The van der Waals surface area contributed by atoms with Crippen molar-refractivity contribution in [3.63, 3.8) is 0 Å². The highest BCUT2D eigenvalue weighted by atomic mass is 32.2. The topological polar surface area (TPSA) is 115 Å². The fourth-order valence-electron chi connectivity index (χ4n) is 5.41. The summed E-state index contributed by atoms with van der Waals surface area (Å²) in [5.41, 5.74) is 5.19. The third-order valence-corrected chi connectivity index (χ3v) is 9.15. The Hall–Kier alpha value is -4.97. The number of nitrogens with one attached hydrogen (secondary N) is 2. The molecule has 2 aliphatic heterocycles. The fraction of sp³-hybridized carbons (Fsp3) is 0.314. The van der Waals surface area contributed by atoms with Crippen LogP contribution in [0.1, 0.15) is 25.3 Å². The summed E-state index contributed by atoms with van der Waals surface area (Å²) in [5, 5.41) is 5.42. The van der Waals surface area contributed by atoms with Gasteiger partial charge in [-0.25, -0.2) is 9.69 Å². The molecule has 0 bridgehead atoms. The number of ether oxygens (including phenoxy) is 1. The van der Waals surface area contributed by atoms with Gasteiger partial charge in [-0.1, -0.05) is 30.5 Å². The highest BCUT2D eigenvalue weighted by Gasteiger charge is 2.34. The highest BCUT2D eigenvalue weighted by Crippen LogP contribution is 2.50. The van der Waals surface area contributed by atoms with Gasteiger partial charge in [0.05, 0.1) is 17.9 Å². The third-order valence-electron chi connectivity index (χ3n) is 8.05. The number of fused-ring (bicyclic) bond motifs is 2. The number of benzene rings is 3. The summed E-state index contributed by atoms with van der Waals surface area (Å²) in [4.78, 5) is 60.3. The number of carbonyl (C=O) groups is 4. The molecule has 12 heteroatoms. The summed E-state index contributed by atoms with van der Waals surface area (Å²) in [6.07, 6.45) is 0.737. The molecule has 5 rings (SSSR count). The van der Waals surface area contributed by atoms with E-state index in [0.29, 0.717) is 30.6 Å². The second kappa shape index (κ2) is 14.2. The van der Waals surface area contributed by atoms with E-state index in [1.165, 1.54) is 4.90 Å². The van der Waals surface area contributed by atoms with Gasteiger partial charge in [-0.05, 0) is 73.9 Å². The van der Waals surface area contributed by atoms with Gasteiger partial charge in [-0.3, -0.25) is 14.4 Å². The molecule has 2 N–H and O–H groups in total. The zero-order valence-electron chi connectivity index (χ0n) is 27.3. The van der Waals surface area contributed by atoms with Crippen molar-refractivity contribution < 1.29 is 23.9 Å². The van der Waals surface area contributed by atoms with Crippen molar-refractivity contribution in [2.45, 2.75) is 42.2 Å². The minimum Gasteiger partial charge on any atom is -0.444 e. The Kier molecular flexibility index (Phi) is 10.1. The van der Waals surface area contributed by atoms with E-state index in [1.807, 2.05) is 62.3 Å². The standard InChI is InChI=1S/C35H40N6O5S/c1-22(2)33(43)36-20-32(42)40-17-7-8-29(40)34(44)37-24-11-9-23(10-12-24)21-46-35(45)41-27-15-13-25(38(3)4)18-30(27)47-31-19-26(39(5)6)14-16-28(31)41/h9-16,18-19,29H,1,7-8,17,20-21H2,2-6H3,(H,36,43)(H,37,44)/t29-/m0/s1. The predicted octanol–water partition coefficient (Wildman–Crippen LogP) is 5.38. The van der Waals surface area contributed by atoms with Crippen LogP contribution in [0.3, 0.4) is 0 Å². The van der Waals surface area contributed by atoms with Crippen LogP contribution in [-0.2, 0) is 25.7 Å². The van der Waals surface area contributed by atoms with Crippen molar-refractivity contribution >= 4 is 64.0 Å². The molecule has 0 spiro atoms. The van der Waals surface area contributed by atoms with Crippen LogP contribution in [0.2, 0.25) is 0 Å². The van der Waals surface area contributed by atoms with E-state index in [1.54, 1.807) is 47.9 Å². The van der Waals surface area contributed by atoms with Crippen molar-refractivity contribution in [2.75, 3.05) is 61.3 Å². The number of anilines is 5. The molecular formula is C35H40N6O5S. The molecule has 1 atom stereocenters. The Morgan fingerprint density at radius 1 is 0.915 bits per heavy atom. The quantitative estimate of drug-likeness (QED) is 0.295. The Bertz CT molecular complexity index is 1650. The Balaban J connectivity index is 1.23. The molecule has 2 aliphatic rings. The van der Waals surface area contributed by atoms with E-state index < -0.39 is 18.0 Å². The molecule has 1 fully saturated rings. The van der Waals surface area contributed by atoms with Crippen LogP contribution in [0.25, 0.3) is 0 Å². The van der Waals surface area contributed by atoms with Gasteiger partial charge in [0.2, 0.25) is 17.7 Å². The van der Waals surface area contributed by atoms with Crippen LogP contribution in [0.5, 0.6) is 0 Å². The van der Waals surface area contributed by atoms with Gasteiger partial charge in [-0.15, -0.1) is 0 Å². The molecular weight excluding hydrogens is 616 g/mol. The molecule has 11 nitrogen and oxygen atoms in total. The molecule has 0 unspecified atom stereocenters. The average Bonchev–Trinajstić information content (AvgIpc) is 3.55. The molecule has 0 aromatic heterocycles. The molecule has 0 aliphatic carbocycles. The lowest BCUT2D eigenvalue weighted by Gasteiger charge is -2.32. The molecule has 0 radical (unpaired) electrons. The predicted molar refractivity (Wildman–Crippen MR) is 186 cm³/mol. The van der Waals surface area contributed by atoms with E-state index in [2.05, 4.69) is 29.3 Å². The maximum atomic E-state index is 13.7. The largest absolute Gasteiger partial charge is 0.444 e. The maximum Gasteiger partial charge on any atom is 0.419 e. The molecule has 3 aromatic rings. The summed E-state index contributed by atoms with van der Waals surface area (Å²) < 4.78 is 5.82. The molecule has 2 heterocycles. The zero-order valence-corrected chi connectivity index (χ0v) is 28.1. The lowest BCUT2D eigenvalue weighted by molar-refractivity contribution is -0.136. The van der Waals surface area contributed by atoms with Crippen LogP contribution in [0.15, 0.2) is 82.6 Å². The van der Waals surface area contributed by atoms with E-state index in [9.17, 15) is 19.2 Å². The first-order valence-corrected chi connectivity index (χ1v) is 16.1. The maximum absolute atomic E-state index is 13.7. The van der Waals surface area contributed by atoms with Crippen LogP contribution >= 0.6 is 11.8 Å². The number of hydrogen-bond acceptors (Lipinski definition) is 8. The minimum absolute atomic E-state index is 0.0355. The number of hydrogen-bond donors (Lipinski definition) is 2. The van der Waals surface area contributed by atoms with Crippen LogP contribution in [0, 0.1) is 0 Å². The molecule has 246 valence electrons. The van der Waals surface area contributed by atoms with Crippen molar-refractivity contribution in [1.82, 2.24) is 10.2 Å². The Labute approximate surface area is 279 Å². The Morgan fingerprint density at radius 3 is 2.06 bits per heavy atom. The number of carbonyl (C=O) groups excluding carboxylic acids is 4. The van der Waals surface area contributed by atoms with Gasteiger partial charge in [-0.2, -0.15) is 0 Å². The first kappa shape index (κ1) is 33.4. The second-order valence-electron chi connectivity index (χ2n) is 12.0. The molecule has 0 saturated carbocycles. The van der Waals surface area contributed by atoms with Gasteiger partial charge in [0, 0.05) is 67.2 Å². The number of rotatable bonds is 9. The smallest absolute Gasteiger partial charge is 0.419 e. The van der Waals surface area contributed by atoms with Crippen molar-refractivity contribution in [2.24, 2.45) is 0 Å². The van der Waals surface area contributed by atoms with Crippen LogP contribution in [-0.4, -0.2) is 76.0 Å². The summed E-state index contributed by atoms with van der Waals surface area (Å²) in [7, 11) is 7.93. The highest BCUT2D eigenvalue weighted by molar-refractivity contribution is 7.99. The summed E-state index contributed by atoms with van der Waals surface area (Å²) in [5.74, 6) is -1.01. The van der Waals surface area contributed by atoms with Crippen LogP contribution in [0.4, 0.5) is 33.2 Å². The van der Waals surface area contributed by atoms with E-state index >= 15 is 0 Å². The van der Waals surface area contributed by atoms with Crippen molar-refractivity contribution in [3.8, 4) is 0 Å². The molecule has 3 aromatic carbocycles. The summed E-state index contributed by atoms with van der Waals surface area (Å²) >= 11 is 1.62. The van der Waals surface area contributed by atoms with E-state index in [0.717, 1.165) is 38.1 Å². The molecule has 47 heavy (non-hydrogen) atoms. The number of nitrogens with zero attached hydrogens (tertiary/aromatic N) is 4. The van der Waals surface area contributed by atoms with E-state index in [4.69, 9.17) is 4.74 Å². The lowest BCUT2D eigenvalue weighted by Crippen LogP contribution is -2.47. The Morgan fingerprint density at radius 2 is 1.51 bits per heavy atom. The van der Waals surface area contributed by atoms with Gasteiger partial charge < -0.3 is 30.1 Å². The fourth-order valence-corrected chi connectivity index (χ4v) is 6.53. The van der Waals surface area contributed by atoms with E-state index in [-0.39, 0.29) is 25.0 Å². The van der Waals surface area contributed by atoms with Gasteiger partial charge >= 0.3 is 6.09 Å². The monoisotopic (exact) mass is 656 g/mol. The second-order valence-corrected chi connectivity index (χ2v) is 13.1. The average molecular weight is 657 g/mol. The summed E-state index contributed by atoms with van der Waals surface area (Å²) in [6.45, 7) is 5.42. The van der Waals surface area contributed by atoms with Crippen LogP contribution < -0.4 is 25.3 Å².